The van der Waals surface area contributed by atoms with Crippen LogP contribution in [-0.2, 0) is 4.79 Å². The highest BCUT2D eigenvalue weighted by Crippen LogP contribution is 2.22. The van der Waals surface area contributed by atoms with E-state index in [0.717, 1.165) is 6.07 Å². The van der Waals surface area contributed by atoms with Crippen molar-refractivity contribution in [2.24, 2.45) is 11.1 Å². The van der Waals surface area contributed by atoms with Crippen molar-refractivity contribution in [2.75, 3.05) is 5.32 Å². The summed E-state index contributed by atoms with van der Waals surface area (Å²) in [6.07, 6.45) is 0. The number of halogens is 2. The molecule has 1 aromatic rings. The molecule has 0 spiro atoms. The number of amides is 1. The third kappa shape index (κ3) is 3.51. The molecular formula is C13H16F2N2O3. The SMILES string of the molecule is CC(C)(C)[C@H](N)C(=O)Nc1cc(C(=O)O)c(F)cc1F. The predicted molar refractivity (Wildman–Crippen MR) is 69.4 cm³/mol. The molecule has 0 fully saturated rings. The zero-order chi connectivity index (χ0) is 15.7. The molecule has 20 heavy (non-hydrogen) atoms. The van der Waals surface area contributed by atoms with E-state index in [1.165, 1.54) is 0 Å². The summed E-state index contributed by atoms with van der Waals surface area (Å²) in [5.74, 6) is -4.52. The van der Waals surface area contributed by atoms with Crippen LogP contribution in [0.5, 0.6) is 0 Å². The van der Waals surface area contributed by atoms with Crippen molar-refractivity contribution >= 4 is 17.6 Å². The van der Waals surface area contributed by atoms with Crippen LogP contribution in [0.4, 0.5) is 14.5 Å². The largest absolute Gasteiger partial charge is 0.478 e. The van der Waals surface area contributed by atoms with E-state index in [1.807, 2.05) is 0 Å². The number of hydrogen-bond donors (Lipinski definition) is 3. The molecule has 1 rings (SSSR count). The Morgan fingerprint density at radius 3 is 2.25 bits per heavy atom. The average molecular weight is 286 g/mol. The second-order valence-electron chi connectivity index (χ2n) is 5.45. The standard InChI is InChI=1S/C13H16F2N2O3/c1-13(2,3)10(16)11(18)17-9-4-6(12(19)20)7(14)5-8(9)15/h4-5,10H,16H2,1-3H3,(H,17,18)(H,19,20)/t10-/m1/s1. The van der Waals surface area contributed by atoms with Gasteiger partial charge < -0.3 is 16.2 Å². The molecule has 0 radical (unpaired) electrons. The Hall–Kier alpha value is -2.02. The maximum absolute atomic E-state index is 13.5. The van der Waals surface area contributed by atoms with E-state index in [-0.39, 0.29) is 0 Å². The van der Waals surface area contributed by atoms with Crippen LogP contribution in [0.1, 0.15) is 31.1 Å². The summed E-state index contributed by atoms with van der Waals surface area (Å²) < 4.78 is 26.7. The first-order valence-corrected chi connectivity index (χ1v) is 5.83. The molecule has 0 unspecified atom stereocenters. The lowest BCUT2D eigenvalue weighted by Crippen LogP contribution is -2.45. The zero-order valence-corrected chi connectivity index (χ0v) is 11.3. The topological polar surface area (TPSA) is 92.4 Å². The Morgan fingerprint density at radius 1 is 1.25 bits per heavy atom. The molecule has 5 nitrogen and oxygen atoms in total. The number of carbonyl (C=O) groups is 2. The third-order valence-corrected chi connectivity index (χ3v) is 2.76. The molecule has 1 aromatic carbocycles. The number of carboxylic acid groups (broad SMARTS) is 1. The van der Waals surface area contributed by atoms with E-state index in [0.29, 0.717) is 6.07 Å². The van der Waals surface area contributed by atoms with Crippen LogP contribution in [0, 0.1) is 17.0 Å². The Labute approximate surface area is 114 Å². The normalized spacial score (nSPS) is 12.9. The van der Waals surface area contributed by atoms with Gasteiger partial charge in [-0.25, -0.2) is 13.6 Å². The molecule has 0 saturated carbocycles. The molecule has 1 amide bonds. The molecule has 110 valence electrons. The number of aromatic carboxylic acids is 1. The maximum atomic E-state index is 13.5. The smallest absolute Gasteiger partial charge is 0.338 e. The van der Waals surface area contributed by atoms with Gasteiger partial charge in [-0.05, 0) is 11.5 Å². The molecule has 0 aliphatic rings. The fourth-order valence-electron chi connectivity index (χ4n) is 1.41. The number of rotatable bonds is 3. The lowest BCUT2D eigenvalue weighted by molar-refractivity contribution is -0.119. The van der Waals surface area contributed by atoms with Crippen molar-refractivity contribution in [3.8, 4) is 0 Å². The van der Waals surface area contributed by atoms with Gasteiger partial charge in [-0.15, -0.1) is 0 Å². The van der Waals surface area contributed by atoms with Gasteiger partial charge in [0.25, 0.3) is 0 Å². The zero-order valence-electron chi connectivity index (χ0n) is 11.3. The van der Waals surface area contributed by atoms with Crippen molar-refractivity contribution in [3.05, 3.63) is 29.3 Å². The molecule has 0 heterocycles. The van der Waals surface area contributed by atoms with Crippen molar-refractivity contribution in [1.82, 2.24) is 0 Å². The summed E-state index contributed by atoms with van der Waals surface area (Å²) in [5, 5.41) is 10.9. The molecule has 1 atom stereocenters. The summed E-state index contributed by atoms with van der Waals surface area (Å²) in [4.78, 5) is 22.6. The first-order chi connectivity index (χ1) is 9.04. The molecule has 0 aliphatic heterocycles. The Morgan fingerprint density at radius 2 is 1.80 bits per heavy atom. The molecule has 0 aromatic heterocycles. The number of nitrogens with one attached hydrogen (secondary N) is 1. The summed E-state index contributed by atoms with van der Waals surface area (Å²) >= 11 is 0. The van der Waals surface area contributed by atoms with Crippen LogP contribution in [-0.4, -0.2) is 23.0 Å². The number of anilines is 1. The van der Waals surface area contributed by atoms with Gasteiger partial charge in [0, 0.05) is 6.07 Å². The van der Waals surface area contributed by atoms with Crippen LogP contribution in [0.3, 0.4) is 0 Å². The minimum Gasteiger partial charge on any atom is -0.478 e. The van der Waals surface area contributed by atoms with Gasteiger partial charge in [0.2, 0.25) is 5.91 Å². The Balaban J connectivity index is 3.07. The van der Waals surface area contributed by atoms with Gasteiger partial charge in [0.15, 0.2) is 0 Å². The molecule has 7 heteroatoms. The summed E-state index contributed by atoms with van der Waals surface area (Å²) in [6, 6.07) is 0.197. The highest BCUT2D eigenvalue weighted by Gasteiger charge is 2.28. The lowest BCUT2D eigenvalue weighted by atomic mass is 9.87. The van der Waals surface area contributed by atoms with Crippen molar-refractivity contribution in [3.63, 3.8) is 0 Å². The van der Waals surface area contributed by atoms with E-state index in [1.54, 1.807) is 20.8 Å². The van der Waals surface area contributed by atoms with Crippen molar-refractivity contribution in [2.45, 2.75) is 26.8 Å². The van der Waals surface area contributed by atoms with Gasteiger partial charge in [-0.2, -0.15) is 0 Å². The fourth-order valence-corrected chi connectivity index (χ4v) is 1.41. The number of hydrogen-bond acceptors (Lipinski definition) is 3. The minimum atomic E-state index is -1.56. The van der Waals surface area contributed by atoms with Gasteiger partial charge in [0.05, 0.1) is 17.3 Å². The highest BCUT2D eigenvalue weighted by molar-refractivity contribution is 5.97. The Bertz CT molecular complexity index is 553. The fraction of sp³-hybridized carbons (Fsp3) is 0.385. The van der Waals surface area contributed by atoms with Gasteiger partial charge in [0.1, 0.15) is 11.6 Å². The van der Waals surface area contributed by atoms with Gasteiger partial charge in [-0.3, -0.25) is 4.79 Å². The molecular weight excluding hydrogens is 270 g/mol. The van der Waals surface area contributed by atoms with E-state index in [4.69, 9.17) is 10.8 Å². The van der Waals surface area contributed by atoms with E-state index in [2.05, 4.69) is 5.32 Å². The van der Waals surface area contributed by atoms with Crippen LogP contribution >= 0.6 is 0 Å². The number of carboxylic acids is 1. The van der Waals surface area contributed by atoms with E-state index in [9.17, 15) is 18.4 Å². The van der Waals surface area contributed by atoms with Crippen LogP contribution in [0.2, 0.25) is 0 Å². The predicted octanol–water partition coefficient (Wildman–Crippen LogP) is 1.97. The number of nitrogens with two attached hydrogens (primary N) is 1. The quantitative estimate of drug-likeness (QED) is 0.792. The summed E-state index contributed by atoms with van der Waals surface area (Å²) in [5.41, 5.74) is 3.98. The van der Waals surface area contributed by atoms with E-state index < -0.39 is 46.2 Å². The van der Waals surface area contributed by atoms with Crippen molar-refractivity contribution < 1.29 is 23.5 Å². The van der Waals surface area contributed by atoms with Crippen LogP contribution < -0.4 is 11.1 Å². The number of benzene rings is 1. The Kier molecular flexibility index (Phi) is 4.44. The molecule has 4 N–H and O–H groups in total. The summed E-state index contributed by atoms with van der Waals surface area (Å²) in [6.45, 7) is 5.17. The van der Waals surface area contributed by atoms with Gasteiger partial charge >= 0.3 is 5.97 Å². The lowest BCUT2D eigenvalue weighted by Gasteiger charge is -2.25. The number of carbonyl (C=O) groups excluding carboxylic acids is 1. The van der Waals surface area contributed by atoms with Crippen LogP contribution in [0.15, 0.2) is 12.1 Å². The maximum Gasteiger partial charge on any atom is 0.338 e. The summed E-state index contributed by atoms with van der Waals surface area (Å²) in [7, 11) is 0. The molecule has 0 saturated heterocycles. The first kappa shape index (κ1) is 16.0. The second kappa shape index (κ2) is 5.54. The molecule has 0 bridgehead atoms. The van der Waals surface area contributed by atoms with Crippen LogP contribution in [0.25, 0.3) is 0 Å². The molecule has 0 aliphatic carbocycles. The van der Waals surface area contributed by atoms with Gasteiger partial charge in [-0.1, -0.05) is 20.8 Å². The average Bonchev–Trinajstić information content (AvgIpc) is 2.29. The monoisotopic (exact) mass is 286 g/mol. The van der Waals surface area contributed by atoms with E-state index >= 15 is 0 Å². The minimum absolute atomic E-state index is 0.404. The van der Waals surface area contributed by atoms with Crippen molar-refractivity contribution in [1.29, 1.82) is 0 Å². The second-order valence-corrected chi connectivity index (χ2v) is 5.45. The third-order valence-electron chi connectivity index (χ3n) is 2.76. The first-order valence-electron chi connectivity index (χ1n) is 5.83. The highest BCUT2D eigenvalue weighted by atomic mass is 19.1.